The average molecular weight is 1030 g/mol. The quantitative estimate of drug-likeness (QED) is 0.0235. The average Bonchev–Trinajstić information content (AvgIpc) is 3.29. The van der Waals surface area contributed by atoms with Gasteiger partial charge in [0.1, 0.15) is 49.4 Å². The maximum Gasteiger partial charge on any atom is 2.00 e. The molecule has 0 bridgehead atoms. The summed E-state index contributed by atoms with van der Waals surface area (Å²) in [7, 11) is 0. The van der Waals surface area contributed by atoms with Crippen molar-refractivity contribution in [2.24, 2.45) is 0 Å². The van der Waals surface area contributed by atoms with Gasteiger partial charge in [0, 0.05) is 0 Å². The van der Waals surface area contributed by atoms with Crippen molar-refractivity contribution in [2.45, 2.75) is 107 Å². The Hall–Kier alpha value is -1.46. The number of hydrogen-bond donors (Lipinski definition) is 0. The molecule has 0 N–H and O–H groups in total. The SMILES string of the molecule is CCc1ccc(OCCOP(=S)([S-])OCCOc2ccc(CC)cc2CC)c(CC)c1.CCc1ccc(OCCOP(=S)([S-])OCCOc2ccc(CC)cc2CC)c(CC)c1.[Zn+2]. The molecular weight excluding hydrogens is 960 g/mol. The molecule has 4 rings (SSSR count). The Kier molecular flexibility index (Phi) is 28.8. The first-order valence-corrected chi connectivity index (χ1v) is 29.3. The van der Waals surface area contributed by atoms with Crippen molar-refractivity contribution in [2.75, 3.05) is 52.9 Å². The molecule has 0 atom stereocenters. The summed E-state index contributed by atoms with van der Waals surface area (Å²) >= 11 is 21.3. The Labute approximate surface area is 413 Å². The normalized spacial score (nSPS) is 11.3. The minimum absolute atomic E-state index is 0. The number of ether oxygens (including phenoxy) is 4. The largest absolute Gasteiger partial charge is 2.00 e. The summed E-state index contributed by atoms with van der Waals surface area (Å²) < 4.78 is 46.0. The monoisotopic (exact) mass is 1030 g/mol. The van der Waals surface area contributed by atoms with Gasteiger partial charge in [-0.2, -0.15) is 0 Å². The molecule has 0 unspecified atom stereocenters. The van der Waals surface area contributed by atoms with E-state index in [2.05, 4.69) is 104 Å². The zero-order chi connectivity index (χ0) is 45.4. The molecule has 0 aromatic heterocycles. The van der Waals surface area contributed by atoms with Crippen LogP contribution in [0.15, 0.2) is 72.8 Å². The van der Waals surface area contributed by atoms with E-state index in [-0.39, 0.29) is 19.5 Å². The van der Waals surface area contributed by atoms with Crippen LogP contribution >= 0.6 is 11.4 Å². The third-order valence-corrected chi connectivity index (χ3v) is 14.5. The van der Waals surface area contributed by atoms with E-state index in [4.69, 9.17) is 85.2 Å². The second kappa shape index (κ2) is 31.5. The molecule has 4 aromatic rings. The van der Waals surface area contributed by atoms with Gasteiger partial charge in [0.05, 0.1) is 37.8 Å². The van der Waals surface area contributed by atoms with Gasteiger partial charge in [-0.15, -0.1) is 0 Å². The first-order chi connectivity index (χ1) is 29.8. The standard InChI is InChI=1S/2C24H35O4PS2.Zn/c2*1-5-19-9-11-23(21(7-3)17-19)25-13-15-27-29(30,31)28-16-14-26-24-12-10-20(6-2)18-22(24)8-4;/h2*9-12,17-18H,5-8,13-16H2,1-4H3,(H,30,31);/q;;+2/p-2. The summed E-state index contributed by atoms with van der Waals surface area (Å²) in [6.07, 6.45) is 7.75. The predicted molar refractivity (Wildman–Crippen MR) is 270 cm³/mol. The Bertz CT molecular complexity index is 1760. The second-order valence-corrected chi connectivity index (χ2v) is 24.2. The maximum atomic E-state index is 5.87. The van der Waals surface area contributed by atoms with Gasteiger partial charge in [-0.1, -0.05) is 128 Å². The molecule has 0 aliphatic carbocycles. The van der Waals surface area contributed by atoms with E-state index < -0.39 is 11.4 Å². The van der Waals surface area contributed by atoms with Crippen molar-refractivity contribution in [3.63, 3.8) is 0 Å². The number of benzene rings is 4. The fourth-order valence-corrected chi connectivity index (χ4v) is 9.49. The first-order valence-electron chi connectivity index (χ1n) is 22.0. The van der Waals surface area contributed by atoms with E-state index in [1.165, 1.54) is 44.5 Å². The molecule has 0 heterocycles. The second-order valence-electron chi connectivity index (χ2n) is 14.2. The number of rotatable bonds is 28. The van der Waals surface area contributed by atoms with Crippen LogP contribution in [0.3, 0.4) is 0 Å². The van der Waals surface area contributed by atoms with Gasteiger partial charge in [-0.05, 0) is 120 Å². The molecule has 63 heavy (non-hydrogen) atoms. The van der Waals surface area contributed by atoms with E-state index in [1.54, 1.807) is 0 Å². The number of aryl methyl sites for hydroxylation is 8. The Morgan fingerprint density at radius 3 is 0.730 bits per heavy atom. The third kappa shape index (κ3) is 21.4. The molecular formula is C48H68O8P2S4Zn. The molecule has 0 aliphatic heterocycles. The minimum Gasteiger partial charge on any atom is -0.691 e. The van der Waals surface area contributed by atoms with Crippen molar-refractivity contribution >= 4 is 59.5 Å². The first kappa shape index (κ1) is 57.7. The molecule has 0 amide bonds. The summed E-state index contributed by atoms with van der Waals surface area (Å²) in [5.74, 6) is 3.54. The molecule has 0 saturated heterocycles. The van der Waals surface area contributed by atoms with Gasteiger partial charge in [0.15, 0.2) is 0 Å². The summed E-state index contributed by atoms with van der Waals surface area (Å²) in [6.45, 7) is 19.8. The summed E-state index contributed by atoms with van der Waals surface area (Å²) in [5, 5.41) is 0. The number of hydrogen-bond acceptors (Lipinski definition) is 12. The molecule has 0 saturated carbocycles. The molecule has 8 nitrogen and oxygen atoms in total. The van der Waals surface area contributed by atoms with Crippen LogP contribution in [-0.4, -0.2) is 52.9 Å². The summed E-state index contributed by atoms with van der Waals surface area (Å²) in [6, 6.07) is 25.2. The summed E-state index contributed by atoms with van der Waals surface area (Å²) in [4.78, 5) is 0. The summed E-state index contributed by atoms with van der Waals surface area (Å²) in [5.41, 5.74) is 4.55. The van der Waals surface area contributed by atoms with Crippen LogP contribution in [-0.2, 0) is 137 Å². The van der Waals surface area contributed by atoms with Gasteiger partial charge in [-0.3, -0.25) is 0 Å². The van der Waals surface area contributed by atoms with Crippen molar-refractivity contribution in [1.82, 2.24) is 0 Å². The molecule has 344 valence electrons. The minimum atomic E-state index is -2.74. The van der Waals surface area contributed by atoms with Crippen LogP contribution in [0, 0.1) is 0 Å². The molecule has 0 spiro atoms. The van der Waals surface area contributed by atoms with Gasteiger partial charge in [-0.25, -0.2) is 0 Å². The maximum absolute atomic E-state index is 5.87. The van der Waals surface area contributed by atoms with Gasteiger partial charge in [0.25, 0.3) is 0 Å². The van der Waals surface area contributed by atoms with Crippen molar-refractivity contribution in [3.8, 4) is 23.0 Å². The van der Waals surface area contributed by atoms with Crippen LogP contribution in [0.5, 0.6) is 23.0 Å². The molecule has 4 aromatic carbocycles. The van der Waals surface area contributed by atoms with E-state index in [0.29, 0.717) is 52.9 Å². The topological polar surface area (TPSA) is 73.8 Å². The smallest absolute Gasteiger partial charge is 0.691 e. The predicted octanol–water partition coefficient (Wildman–Crippen LogP) is 12.4. The van der Waals surface area contributed by atoms with Crippen molar-refractivity contribution in [1.29, 1.82) is 0 Å². The Morgan fingerprint density at radius 1 is 0.349 bits per heavy atom. The van der Waals surface area contributed by atoms with Crippen molar-refractivity contribution in [3.05, 3.63) is 117 Å². The zero-order valence-electron chi connectivity index (χ0n) is 38.7. The van der Waals surface area contributed by atoms with Crippen LogP contribution in [0.25, 0.3) is 0 Å². The van der Waals surface area contributed by atoms with Gasteiger partial charge in [0.2, 0.25) is 0 Å². The Morgan fingerprint density at radius 2 is 0.556 bits per heavy atom. The van der Waals surface area contributed by atoms with E-state index in [1.807, 2.05) is 24.3 Å². The van der Waals surface area contributed by atoms with Crippen LogP contribution in [0.1, 0.15) is 99.9 Å². The zero-order valence-corrected chi connectivity index (χ0v) is 46.8. The molecule has 0 fully saturated rings. The van der Waals surface area contributed by atoms with Crippen LogP contribution < -0.4 is 18.9 Å². The fraction of sp³-hybridized carbons (Fsp3) is 0.500. The van der Waals surface area contributed by atoms with E-state index in [0.717, 1.165) is 74.4 Å². The van der Waals surface area contributed by atoms with Crippen LogP contribution in [0.4, 0.5) is 0 Å². The van der Waals surface area contributed by atoms with Gasteiger partial charge < -0.3 is 61.5 Å². The molecule has 15 heteroatoms. The van der Waals surface area contributed by atoms with Crippen LogP contribution in [0.2, 0.25) is 0 Å². The van der Waals surface area contributed by atoms with E-state index in [9.17, 15) is 0 Å². The molecule has 0 radical (unpaired) electrons. The third-order valence-electron chi connectivity index (χ3n) is 10.0. The van der Waals surface area contributed by atoms with Gasteiger partial charge >= 0.3 is 19.5 Å². The fourth-order valence-electron chi connectivity index (χ4n) is 6.36. The van der Waals surface area contributed by atoms with E-state index >= 15 is 0 Å². The molecule has 0 aliphatic rings. The van der Waals surface area contributed by atoms with Crippen molar-refractivity contribution < 1.29 is 56.5 Å². The Balaban J connectivity index is 0.000000427.